The van der Waals surface area contributed by atoms with Crippen LogP contribution in [0.2, 0.25) is 0 Å². The highest BCUT2D eigenvalue weighted by Crippen LogP contribution is 2.24. The highest BCUT2D eigenvalue weighted by atomic mass is 32.2. The monoisotopic (exact) mass is 335 g/mol. The molecular formula is C17H25N3O2S. The van der Waals surface area contributed by atoms with Crippen molar-refractivity contribution < 1.29 is 9.59 Å². The lowest BCUT2D eigenvalue weighted by Gasteiger charge is -2.12. The first kappa shape index (κ1) is 17.8. The number of rotatable bonds is 7. The Kier molecular flexibility index (Phi) is 6.92. The van der Waals surface area contributed by atoms with Gasteiger partial charge in [0, 0.05) is 30.8 Å². The molecule has 1 fully saturated rings. The molecule has 1 aromatic carbocycles. The number of benzene rings is 1. The second-order valence-electron chi connectivity index (χ2n) is 5.97. The molecule has 0 radical (unpaired) electrons. The molecule has 1 heterocycles. The number of hydrogen-bond acceptors (Lipinski definition) is 4. The van der Waals surface area contributed by atoms with Crippen LogP contribution in [-0.2, 0) is 9.59 Å². The highest BCUT2D eigenvalue weighted by molar-refractivity contribution is 7.98. The Morgan fingerprint density at radius 1 is 1.26 bits per heavy atom. The summed E-state index contributed by atoms with van der Waals surface area (Å²) in [6.45, 7) is 2.84. The molecule has 2 N–H and O–H groups in total. The number of para-hydroxylation sites is 1. The van der Waals surface area contributed by atoms with Crippen LogP contribution in [-0.4, -0.2) is 49.7 Å². The summed E-state index contributed by atoms with van der Waals surface area (Å²) in [5, 5.41) is 5.81. The van der Waals surface area contributed by atoms with E-state index in [0.29, 0.717) is 12.5 Å². The maximum Gasteiger partial charge on any atom is 0.224 e. The minimum absolute atomic E-state index is 0.0483. The lowest BCUT2D eigenvalue weighted by Crippen LogP contribution is -2.31. The van der Waals surface area contributed by atoms with Crippen LogP contribution in [0.25, 0.3) is 0 Å². The number of nitrogens with zero attached hydrogens (tertiary/aromatic N) is 1. The summed E-state index contributed by atoms with van der Waals surface area (Å²) in [5.41, 5.74) is 0.805. The highest BCUT2D eigenvalue weighted by Gasteiger charge is 2.19. The van der Waals surface area contributed by atoms with E-state index in [1.807, 2.05) is 30.5 Å². The fourth-order valence-corrected chi connectivity index (χ4v) is 3.28. The van der Waals surface area contributed by atoms with Crippen LogP contribution in [0.5, 0.6) is 0 Å². The molecule has 1 aromatic rings. The summed E-state index contributed by atoms with van der Waals surface area (Å²) in [6.07, 6.45) is 3.54. The van der Waals surface area contributed by atoms with Gasteiger partial charge in [0.25, 0.3) is 0 Å². The number of nitrogens with one attached hydrogen (secondary N) is 2. The molecule has 1 aliphatic rings. The summed E-state index contributed by atoms with van der Waals surface area (Å²) in [7, 11) is 2.10. The first-order valence-corrected chi connectivity index (χ1v) is 9.19. The van der Waals surface area contributed by atoms with Crippen molar-refractivity contribution in [2.24, 2.45) is 5.92 Å². The molecule has 1 saturated heterocycles. The zero-order chi connectivity index (χ0) is 16.7. The van der Waals surface area contributed by atoms with Crippen LogP contribution >= 0.6 is 11.8 Å². The van der Waals surface area contributed by atoms with Gasteiger partial charge in [-0.05, 0) is 44.3 Å². The molecule has 1 unspecified atom stereocenters. The van der Waals surface area contributed by atoms with Gasteiger partial charge in [0.2, 0.25) is 11.8 Å². The molecule has 2 amide bonds. The van der Waals surface area contributed by atoms with E-state index >= 15 is 0 Å². The van der Waals surface area contributed by atoms with Crippen molar-refractivity contribution in [3.05, 3.63) is 24.3 Å². The van der Waals surface area contributed by atoms with E-state index in [4.69, 9.17) is 0 Å². The SMILES string of the molecule is CSc1ccccc1NC(=O)CCC(=O)NCC1CCN(C)C1. The molecule has 6 heteroatoms. The average Bonchev–Trinajstić information content (AvgIpc) is 2.97. The minimum Gasteiger partial charge on any atom is -0.356 e. The van der Waals surface area contributed by atoms with Crippen molar-refractivity contribution in [2.45, 2.75) is 24.2 Å². The fourth-order valence-electron chi connectivity index (χ4n) is 2.73. The van der Waals surface area contributed by atoms with Gasteiger partial charge in [0.15, 0.2) is 0 Å². The predicted molar refractivity (Wildman–Crippen MR) is 94.7 cm³/mol. The third-order valence-corrected chi connectivity index (χ3v) is 4.83. The van der Waals surface area contributed by atoms with Gasteiger partial charge in [-0.3, -0.25) is 9.59 Å². The number of carbonyl (C=O) groups excluding carboxylic acids is 2. The number of hydrogen-bond donors (Lipinski definition) is 2. The Bertz CT molecular complexity index is 550. The Morgan fingerprint density at radius 2 is 2.00 bits per heavy atom. The molecule has 2 rings (SSSR count). The van der Waals surface area contributed by atoms with E-state index in [9.17, 15) is 9.59 Å². The van der Waals surface area contributed by atoms with Crippen LogP contribution in [0.1, 0.15) is 19.3 Å². The van der Waals surface area contributed by atoms with Gasteiger partial charge in [-0.2, -0.15) is 0 Å². The first-order chi connectivity index (χ1) is 11.1. The quantitative estimate of drug-likeness (QED) is 0.750. The van der Waals surface area contributed by atoms with Crippen molar-refractivity contribution in [3.8, 4) is 0 Å². The molecule has 126 valence electrons. The van der Waals surface area contributed by atoms with Crippen LogP contribution < -0.4 is 10.6 Å². The van der Waals surface area contributed by atoms with Gasteiger partial charge in [0.05, 0.1) is 5.69 Å². The second-order valence-corrected chi connectivity index (χ2v) is 6.82. The van der Waals surface area contributed by atoms with Crippen molar-refractivity contribution >= 4 is 29.3 Å². The summed E-state index contributed by atoms with van der Waals surface area (Å²) in [5.74, 6) is 0.362. The topological polar surface area (TPSA) is 61.4 Å². The maximum atomic E-state index is 12.0. The van der Waals surface area contributed by atoms with E-state index in [0.717, 1.165) is 30.1 Å². The van der Waals surface area contributed by atoms with E-state index in [1.165, 1.54) is 0 Å². The van der Waals surface area contributed by atoms with Gasteiger partial charge in [-0.15, -0.1) is 11.8 Å². The van der Waals surface area contributed by atoms with Crippen LogP contribution in [0.3, 0.4) is 0 Å². The largest absolute Gasteiger partial charge is 0.356 e. The van der Waals surface area contributed by atoms with Crippen LogP contribution in [0, 0.1) is 5.92 Å². The third kappa shape index (κ3) is 5.88. The van der Waals surface area contributed by atoms with Crippen molar-refractivity contribution in [3.63, 3.8) is 0 Å². The molecule has 0 bridgehead atoms. The zero-order valence-corrected chi connectivity index (χ0v) is 14.6. The van der Waals surface area contributed by atoms with Crippen molar-refractivity contribution in [1.82, 2.24) is 10.2 Å². The normalized spacial score (nSPS) is 17.9. The molecule has 23 heavy (non-hydrogen) atoms. The molecule has 1 atom stereocenters. The van der Waals surface area contributed by atoms with E-state index in [2.05, 4.69) is 22.6 Å². The van der Waals surface area contributed by atoms with Crippen LogP contribution in [0.15, 0.2) is 29.2 Å². The zero-order valence-electron chi connectivity index (χ0n) is 13.8. The maximum absolute atomic E-state index is 12.0. The Hall–Kier alpha value is -1.53. The van der Waals surface area contributed by atoms with Gasteiger partial charge in [-0.25, -0.2) is 0 Å². The number of anilines is 1. The number of carbonyl (C=O) groups is 2. The summed E-state index contributed by atoms with van der Waals surface area (Å²) >= 11 is 1.59. The molecule has 1 aliphatic heterocycles. The lowest BCUT2D eigenvalue weighted by atomic mass is 10.1. The van der Waals surface area contributed by atoms with E-state index in [-0.39, 0.29) is 24.7 Å². The molecule has 5 nitrogen and oxygen atoms in total. The first-order valence-electron chi connectivity index (χ1n) is 7.96. The van der Waals surface area contributed by atoms with Gasteiger partial charge in [0.1, 0.15) is 0 Å². The molecular weight excluding hydrogens is 310 g/mol. The van der Waals surface area contributed by atoms with Gasteiger partial charge >= 0.3 is 0 Å². The number of thioether (sulfide) groups is 1. The molecule has 0 aromatic heterocycles. The second kappa shape index (κ2) is 8.93. The average molecular weight is 335 g/mol. The van der Waals surface area contributed by atoms with Gasteiger partial charge in [-0.1, -0.05) is 12.1 Å². The third-order valence-electron chi connectivity index (χ3n) is 4.04. The Balaban J connectivity index is 1.68. The fraction of sp³-hybridized carbons (Fsp3) is 0.529. The summed E-state index contributed by atoms with van der Waals surface area (Å²) < 4.78 is 0. The van der Waals surface area contributed by atoms with Crippen molar-refractivity contribution in [2.75, 3.05) is 38.3 Å². The number of amides is 2. The standard InChI is InChI=1S/C17H25N3O2S/c1-20-10-9-13(12-20)11-18-16(21)7-8-17(22)19-14-5-3-4-6-15(14)23-2/h3-6,13H,7-12H2,1-2H3,(H,18,21)(H,19,22). The van der Waals surface area contributed by atoms with E-state index in [1.54, 1.807) is 11.8 Å². The smallest absolute Gasteiger partial charge is 0.224 e. The minimum atomic E-state index is -0.123. The number of likely N-dealkylation sites (tertiary alicyclic amines) is 1. The summed E-state index contributed by atoms with van der Waals surface area (Å²) in [6, 6.07) is 7.67. The Labute approximate surface area is 142 Å². The van der Waals surface area contributed by atoms with Crippen molar-refractivity contribution in [1.29, 1.82) is 0 Å². The Morgan fingerprint density at radius 3 is 2.70 bits per heavy atom. The molecule has 0 spiro atoms. The predicted octanol–water partition coefficient (Wildman–Crippen LogP) is 2.20. The van der Waals surface area contributed by atoms with E-state index < -0.39 is 0 Å². The van der Waals surface area contributed by atoms with Crippen LogP contribution in [0.4, 0.5) is 5.69 Å². The molecule has 0 aliphatic carbocycles. The van der Waals surface area contributed by atoms with Gasteiger partial charge < -0.3 is 15.5 Å². The molecule has 0 saturated carbocycles. The summed E-state index contributed by atoms with van der Waals surface area (Å²) in [4.78, 5) is 27.1. The lowest BCUT2D eigenvalue weighted by molar-refractivity contribution is -0.124.